The summed E-state index contributed by atoms with van der Waals surface area (Å²) in [5.74, 6) is 0.457. The van der Waals surface area contributed by atoms with Gasteiger partial charge in [0.05, 0.1) is 0 Å². The van der Waals surface area contributed by atoms with E-state index in [2.05, 4.69) is 58.4 Å². The summed E-state index contributed by atoms with van der Waals surface area (Å²) in [6.07, 6.45) is 8.69. The zero-order valence-corrected chi connectivity index (χ0v) is 9.66. The van der Waals surface area contributed by atoms with Crippen molar-refractivity contribution in [1.82, 2.24) is 0 Å². The number of fused-ring (bicyclic) bond motifs is 1. The maximum Gasteiger partial charge on any atom is 0.0429 e. The second-order valence-corrected chi connectivity index (χ2v) is 4.47. The third kappa shape index (κ3) is 1.69. The maximum atomic E-state index is 3.68. The van der Waals surface area contributed by atoms with E-state index in [1.165, 1.54) is 11.1 Å². The topological polar surface area (TPSA) is 0 Å². The molecule has 2 atom stereocenters. The van der Waals surface area contributed by atoms with Crippen molar-refractivity contribution in [2.45, 2.75) is 17.7 Å². The Bertz CT molecular complexity index is 377. The van der Waals surface area contributed by atoms with Crippen LogP contribution < -0.4 is 0 Å². The van der Waals surface area contributed by atoms with Crippen molar-refractivity contribution in [3.05, 3.63) is 53.6 Å². The Hall–Kier alpha value is -0.820. The molecule has 0 fully saturated rings. The molecule has 0 spiro atoms. The SMILES string of the molecule is CC=CC(Br)C1C=Cc2cc[c]cc21. The molecule has 1 aliphatic rings. The smallest absolute Gasteiger partial charge is 0.0429 e. The molecule has 0 bridgehead atoms. The molecule has 0 N–H and O–H groups in total. The molecular formula is C13H12Br. The lowest BCUT2D eigenvalue weighted by molar-refractivity contribution is 0.908. The number of hydrogen-bond acceptors (Lipinski definition) is 0. The highest BCUT2D eigenvalue weighted by Crippen LogP contribution is 2.35. The highest BCUT2D eigenvalue weighted by molar-refractivity contribution is 9.09. The summed E-state index contributed by atoms with van der Waals surface area (Å²) in [7, 11) is 0. The number of alkyl halides is 1. The average molecular weight is 248 g/mol. The normalized spacial score (nSPS) is 21.4. The van der Waals surface area contributed by atoms with Crippen molar-refractivity contribution in [1.29, 1.82) is 0 Å². The first-order valence-corrected chi connectivity index (χ1v) is 5.69. The lowest BCUT2D eigenvalue weighted by Crippen LogP contribution is -2.05. The van der Waals surface area contributed by atoms with Gasteiger partial charge in [0.1, 0.15) is 0 Å². The molecule has 14 heavy (non-hydrogen) atoms. The third-order valence-electron chi connectivity index (χ3n) is 2.49. The third-order valence-corrected chi connectivity index (χ3v) is 3.37. The summed E-state index contributed by atoms with van der Waals surface area (Å²) in [5.41, 5.74) is 2.69. The van der Waals surface area contributed by atoms with Gasteiger partial charge in [-0.1, -0.05) is 52.4 Å². The molecular weight excluding hydrogens is 236 g/mol. The van der Waals surface area contributed by atoms with Gasteiger partial charge in [0.15, 0.2) is 0 Å². The van der Waals surface area contributed by atoms with Crippen LogP contribution in [0.4, 0.5) is 0 Å². The van der Waals surface area contributed by atoms with Crippen LogP contribution in [-0.2, 0) is 0 Å². The fourth-order valence-electron chi connectivity index (χ4n) is 1.79. The minimum absolute atomic E-state index is 0.390. The maximum absolute atomic E-state index is 3.68. The van der Waals surface area contributed by atoms with Gasteiger partial charge in [-0.15, -0.1) is 0 Å². The second-order valence-electron chi connectivity index (χ2n) is 3.41. The van der Waals surface area contributed by atoms with Crippen LogP contribution in [0.15, 0.2) is 36.4 Å². The van der Waals surface area contributed by atoms with Crippen LogP contribution in [0.5, 0.6) is 0 Å². The first-order chi connectivity index (χ1) is 6.83. The molecule has 1 aromatic rings. The van der Waals surface area contributed by atoms with E-state index in [1.54, 1.807) is 0 Å². The number of rotatable bonds is 2. The van der Waals surface area contributed by atoms with Crippen LogP contribution in [0.3, 0.4) is 0 Å². The lowest BCUT2D eigenvalue weighted by atomic mass is 9.97. The Labute approximate surface area is 93.5 Å². The summed E-state index contributed by atoms with van der Waals surface area (Å²) >= 11 is 3.68. The number of allylic oxidation sites excluding steroid dienone is 3. The van der Waals surface area contributed by atoms with Gasteiger partial charge in [-0.25, -0.2) is 0 Å². The van der Waals surface area contributed by atoms with Gasteiger partial charge in [0.2, 0.25) is 0 Å². The average Bonchev–Trinajstić information content (AvgIpc) is 2.61. The Morgan fingerprint density at radius 3 is 3.21 bits per heavy atom. The Kier molecular flexibility index (Phi) is 2.87. The van der Waals surface area contributed by atoms with E-state index in [4.69, 9.17) is 0 Å². The van der Waals surface area contributed by atoms with Crippen LogP contribution >= 0.6 is 15.9 Å². The van der Waals surface area contributed by atoms with Crippen LogP contribution in [0.25, 0.3) is 6.08 Å². The molecule has 2 rings (SSSR count). The monoisotopic (exact) mass is 247 g/mol. The van der Waals surface area contributed by atoms with Crippen molar-refractivity contribution in [2.75, 3.05) is 0 Å². The van der Waals surface area contributed by atoms with Crippen LogP contribution in [0, 0.1) is 6.07 Å². The summed E-state index contributed by atoms with van der Waals surface area (Å²) in [6, 6.07) is 9.29. The zero-order chi connectivity index (χ0) is 9.97. The number of halogens is 1. The summed E-state index contributed by atoms with van der Waals surface area (Å²) in [4.78, 5) is 0.390. The zero-order valence-electron chi connectivity index (χ0n) is 8.07. The molecule has 1 radical (unpaired) electrons. The molecule has 0 aliphatic heterocycles. The van der Waals surface area contributed by atoms with Gasteiger partial charge in [-0.05, 0) is 30.2 Å². The molecule has 1 aromatic carbocycles. The first-order valence-electron chi connectivity index (χ1n) is 4.78. The lowest BCUT2D eigenvalue weighted by Gasteiger charge is -2.13. The van der Waals surface area contributed by atoms with Gasteiger partial charge in [-0.2, -0.15) is 0 Å². The molecule has 0 amide bonds. The van der Waals surface area contributed by atoms with Crippen LogP contribution in [0.2, 0.25) is 0 Å². The highest BCUT2D eigenvalue weighted by Gasteiger charge is 2.21. The second kappa shape index (κ2) is 4.14. The van der Waals surface area contributed by atoms with E-state index >= 15 is 0 Å². The minimum Gasteiger partial charge on any atom is -0.0905 e. The van der Waals surface area contributed by atoms with Gasteiger partial charge < -0.3 is 0 Å². The van der Waals surface area contributed by atoms with Gasteiger partial charge in [-0.3, -0.25) is 0 Å². The van der Waals surface area contributed by atoms with Gasteiger partial charge in [0.25, 0.3) is 0 Å². The van der Waals surface area contributed by atoms with Crippen molar-refractivity contribution < 1.29 is 0 Å². The van der Waals surface area contributed by atoms with Gasteiger partial charge >= 0.3 is 0 Å². The van der Waals surface area contributed by atoms with Gasteiger partial charge in [0, 0.05) is 10.7 Å². The molecule has 71 valence electrons. The molecule has 1 aliphatic carbocycles. The Balaban J connectivity index is 2.30. The summed E-state index contributed by atoms with van der Waals surface area (Å²) in [6.45, 7) is 2.05. The summed E-state index contributed by atoms with van der Waals surface area (Å²) in [5, 5.41) is 0. The predicted octanol–water partition coefficient (Wildman–Crippen LogP) is 3.94. The number of hydrogen-bond donors (Lipinski definition) is 0. The van der Waals surface area contributed by atoms with Crippen LogP contribution in [-0.4, -0.2) is 4.83 Å². The molecule has 0 saturated carbocycles. The Morgan fingerprint density at radius 2 is 2.43 bits per heavy atom. The molecule has 0 nitrogen and oxygen atoms in total. The summed E-state index contributed by atoms with van der Waals surface area (Å²) < 4.78 is 0. The molecule has 1 heteroatoms. The van der Waals surface area contributed by atoms with E-state index < -0.39 is 0 Å². The molecule has 0 aromatic heterocycles. The van der Waals surface area contributed by atoms with E-state index in [0.29, 0.717) is 10.7 Å². The van der Waals surface area contributed by atoms with E-state index in [0.717, 1.165) is 0 Å². The fourth-order valence-corrected chi connectivity index (χ4v) is 2.55. The van der Waals surface area contributed by atoms with E-state index in [1.807, 2.05) is 13.0 Å². The fraction of sp³-hybridized carbons (Fsp3) is 0.231. The van der Waals surface area contributed by atoms with E-state index in [9.17, 15) is 0 Å². The quantitative estimate of drug-likeness (QED) is 0.549. The van der Waals surface area contributed by atoms with Crippen molar-refractivity contribution in [3.63, 3.8) is 0 Å². The minimum atomic E-state index is 0.390. The molecule has 0 heterocycles. The van der Waals surface area contributed by atoms with Crippen molar-refractivity contribution in [2.24, 2.45) is 0 Å². The highest BCUT2D eigenvalue weighted by atomic mass is 79.9. The van der Waals surface area contributed by atoms with E-state index in [-0.39, 0.29) is 0 Å². The van der Waals surface area contributed by atoms with Crippen molar-refractivity contribution >= 4 is 22.0 Å². The standard InChI is InChI=1S/C13H12Br/c1-2-5-13(14)12-9-8-10-6-3-4-7-11(10)12/h2-3,5-9,12-13H,1H3. The predicted molar refractivity (Wildman–Crippen MR) is 64.6 cm³/mol. The molecule has 0 saturated heterocycles. The van der Waals surface area contributed by atoms with Crippen molar-refractivity contribution in [3.8, 4) is 0 Å². The Morgan fingerprint density at radius 1 is 1.57 bits per heavy atom. The number of benzene rings is 1. The van der Waals surface area contributed by atoms with Crippen LogP contribution in [0.1, 0.15) is 24.0 Å². The first kappa shape index (κ1) is 9.72. The molecule has 2 unspecified atom stereocenters. The largest absolute Gasteiger partial charge is 0.0905 e.